The van der Waals surface area contributed by atoms with Gasteiger partial charge in [0.25, 0.3) is 0 Å². The maximum absolute atomic E-state index is 10.2. The molecule has 0 bridgehead atoms. The van der Waals surface area contributed by atoms with Crippen molar-refractivity contribution in [3.8, 4) is 11.4 Å². The van der Waals surface area contributed by atoms with Crippen LogP contribution in [0.5, 0.6) is 0 Å². The maximum Gasteiger partial charge on any atom is 0.335 e. The molecule has 6 nitrogen and oxygen atoms in total. The second-order valence-corrected chi connectivity index (χ2v) is 4.79. The van der Waals surface area contributed by atoms with Gasteiger partial charge in [0.2, 0.25) is 0 Å². The minimum Gasteiger partial charge on any atom is -0.478 e. The Labute approximate surface area is 151 Å². The van der Waals surface area contributed by atoms with Gasteiger partial charge >= 0.3 is 5.97 Å². The molecule has 0 radical (unpaired) electrons. The summed E-state index contributed by atoms with van der Waals surface area (Å²) < 4.78 is 6.03. The molecular weight excluding hydrogens is 344 g/mol. The summed E-state index contributed by atoms with van der Waals surface area (Å²) >= 11 is 4.64. The lowest BCUT2D eigenvalue weighted by molar-refractivity contribution is 0.0697. The predicted octanol–water partition coefficient (Wildman–Crippen LogP) is 3.65. The van der Waals surface area contributed by atoms with Crippen molar-refractivity contribution in [2.24, 2.45) is 0 Å². The molecule has 2 heterocycles. The number of rotatable bonds is 4. The van der Waals surface area contributed by atoms with Crippen molar-refractivity contribution in [3.05, 3.63) is 66.0 Å². The van der Waals surface area contributed by atoms with E-state index in [1.54, 1.807) is 55.9 Å². The molecule has 2 aliphatic rings. The lowest BCUT2D eigenvalue weighted by Gasteiger charge is -2.04. The normalized spacial score (nSPS) is 9.56. The second-order valence-electron chi connectivity index (χ2n) is 4.79. The molecule has 7 heteroatoms. The van der Waals surface area contributed by atoms with Crippen LogP contribution in [0.1, 0.15) is 15.9 Å². The summed E-state index contributed by atoms with van der Waals surface area (Å²) in [5.74, 6) is -0.283. The van der Waals surface area contributed by atoms with Crippen molar-refractivity contribution in [2.45, 2.75) is 6.42 Å². The fourth-order valence-electron chi connectivity index (χ4n) is 2.07. The number of nitrogens with zero attached hydrogens (tertiary/aromatic N) is 2. The third-order valence-electron chi connectivity index (χ3n) is 3.23. The zero-order chi connectivity index (χ0) is 18.7. The SMILES string of the molecule is CCl.COCCc1cnc2n(O)cccc1-2.O=C(O)c1ccccc1. The molecule has 0 saturated carbocycles. The van der Waals surface area contributed by atoms with Crippen LogP contribution in [0.4, 0.5) is 0 Å². The molecule has 1 aromatic carbocycles. The smallest absolute Gasteiger partial charge is 0.335 e. The molecule has 0 saturated heterocycles. The van der Waals surface area contributed by atoms with Crippen LogP contribution in [-0.2, 0) is 11.2 Å². The zero-order valence-corrected chi connectivity index (χ0v) is 14.8. The van der Waals surface area contributed by atoms with Gasteiger partial charge in [0.15, 0.2) is 5.82 Å². The van der Waals surface area contributed by atoms with Gasteiger partial charge in [-0.1, -0.05) is 18.2 Å². The Kier molecular flexibility index (Phi) is 9.06. The highest BCUT2D eigenvalue weighted by atomic mass is 35.5. The van der Waals surface area contributed by atoms with E-state index in [1.165, 1.54) is 6.38 Å². The lowest BCUT2D eigenvalue weighted by atomic mass is 10.1. The van der Waals surface area contributed by atoms with Gasteiger partial charge in [0.1, 0.15) is 0 Å². The number of aromatic carboxylic acids is 1. The number of ether oxygens (including phenoxy) is 1. The molecule has 0 spiro atoms. The molecule has 2 N–H and O–H groups in total. The van der Waals surface area contributed by atoms with Gasteiger partial charge in [-0.05, 0) is 36.2 Å². The number of carbonyl (C=O) groups is 1. The first kappa shape index (κ1) is 20.5. The molecule has 25 heavy (non-hydrogen) atoms. The van der Waals surface area contributed by atoms with E-state index in [9.17, 15) is 10.0 Å². The van der Waals surface area contributed by atoms with Crippen LogP contribution in [0.2, 0.25) is 0 Å². The number of carboxylic acids is 1. The number of hydrogen-bond acceptors (Lipinski definition) is 4. The Hall–Kier alpha value is -2.57. The molecule has 0 amide bonds. The summed E-state index contributed by atoms with van der Waals surface area (Å²) in [6.45, 7) is 0.668. The van der Waals surface area contributed by atoms with Crippen molar-refractivity contribution in [3.63, 3.8) is 0 Å². The average Bonchev–Trinajstić information content (AvgIpc) is 3.07. The van der Waals surface area contributed by atoms with Gasteiger partial charge in [0, 0.05) is 31.4 Å². The Morgan fingerprint density at radius 3 is 2.44 bits per heavy atom. The summed E-state index contributed by atoms with van der Waals surface area (Å²) in [4.78, 5) is 14.3. The highest BCUT2D eigenvalue weighted by Gasteiger charge is 2.12. The summed E-state index contributed by atoms with van der Waals surface area (Å²) in [6.07, 6.45) is 5.63. The quantitative estimate of drug-likeness (QED) is 0.545. The molecule has 0 unspecified atom stereocenters. The molecule has 0 aliphatic carbocycles. The minimum atomic E-state index is -0.879. The third-order valence-corrected chi connectivity index (χ3v) is 3.23. The summed E-state index contributed by atoms with van der Waals surface area (Å²) in [5, 5.41) is 17.8. The van der Waals surface area contributed by atoms with Gasteiger partial charge in [-0.25, -0.2) is 9.78 Å². The van der Waals surface area contributed by atoms with Gasteiger partial charge in [-0.15, -0.1) is 11.6 Å². The largest absolute Gasteiger partial charge is 0.478 e. The van der Waals surface area contributed by atoms with Crippen LogP contribution in [-0.4, -0.2) is 46.1 Å². The topological polar surface area (TPSA) is 84.6 Å². The summed E-state index contributed by atoms with van der Waals surface area (Å²) in [5.41, 5.74) is 2.41. The number of carboxylic acid groups (broad SMARTS) is 1. The van der Waals surface area contributed by atoms with Crippen molar-refractivity contribution >= 4 is 17.6 Å². The fourth-order valence-corrected chi connectivity index (χ4v) is 2.07. The van der Waals surface area contributed by atoms with Crippen molar-refractivity contribution in [2.75, 3.05) is 20.1 Å². The maximum atomic E-state index is 10.2. The van der Waals surface area contributed by atoms with Crippen molar-refractivity contribution in [1.82, 2.24) is 9.71 Å². The number of pyridine rings is 1. The number of alkyl halides is 1. The number of fused-ring (bicyclic) bond motifs is 1. The Bertz CT molecular complexity index is 731. The number of aromatic nitrogens is 2. The fraction of sp³-hybridized carbons (Fsp3) is 0.222. The highest BCUT2D eigenvalue weighted by Crippen LogP contribution is 2.24. The number of halogens is 1. The van der Waals surface area contributed by atoms with Crippen LogP contribution in [0.15, 0.2) is 54.9 Å². The van der Waals surface area contributed by atoms with Crippen LogP contribution in [0.25, 0.3) is 11.4 Å². The molecule has 1 aromatic rings. The van der Waals surface area contributed by atoms with Gasteiger partial charge < -0.3 is 15.1 Å². The van der Waals surface area contributed by atoms with Crippen molar-refractivity contribution < 1.29 is 19.8 Å². The van der Waals surface area contributed by atoms with E-state index in [-0.39, 0.29) is 0 Å². The van der Waals surface area contributed by atoms with Gasteiger partial charge in [-0.3, -0.25) is 0 Å². The highest BCUT2D eigenvalue weighted by molar-refractivity contribution is 6.15. The second kappa shape index (κ2) is 11.1. The average molecular weight is 365 g/mol. The van der Waals surface area contributed by atoms with Crippen LogP contribution < -0.4 is 0 Å². The van der Waals surface area contributed by atoms with Gasteiger partial charge in [-0.2, -0.15) is 4.73 Å². The first-order valence-corrected chi connectivity index (χ1v) is 8.18. The first-order valence-electron chi connectivity index (χ1n) is 7.42. The Morgan fingerprint density at radius 1 is 1.20 bits per heavy atom. The van der Waals surface area contributed by atoms with E-state index in [2.05, 4.69) is 16.6 Å². The van der Waals surface area contributed by atoms with Gasteiger partial charge in [0.05, 0.1) is 12.2 Å². The predicted molar refractivity (Wildman–Crippen MR) is 96.8 cm³/mol. The van der Waals surface area contributed by atoms with E-state index in [1.807, 2.05) is 6.07 Å². The molecular formula is C18H21ClN2O4. The molecule has 0 fully saturated rings. The van der Waals surface area contributed by atoms with Crippen LogP contribution in [0, 0.1) is 0 Å². The standard InChI is InChI=1S/C10H12N2O2.C7H6O2.CH3Cl/c1-14-6-4-8-7-11-10-9(8)3-2-5-12(10)13;8-7(9)6-4-2-1-3-5-6;1-2/h2-3,5,7,13H,4,6H2,1H3;1-5H,(H,8,9);1H3. The molecule has 134 valence electrons. The summed E-state index contributed by atoms with van der Waals surface area (Å²) in [6, 6.07) is 12.0. The third kappa shape index (κ3) is 6.10. The number of benzene rings is 1. The van der Waals surface area contributed by atoms with E-state index in [0.29, 0.717) is 18.0 Å². The Morgan fingerprint density at radius 2 is 1.88 bits per heavy atom. The molecule has 0 atom stereocenters. The van der Waals surface area contributed by atoms with Crippen molar-refractivity contribution in [1.29, 1.82) is 0 Å². The number of hydrogen-bond donors (Lipinski definition) is 2. The monoisotopic (exact) mass is 364 g/mol. The minimum absolute atomic E-state index is 0.331. The number of methoxy groups -OCH3 is 1. The molecule has 3 rings (SSSR count). The van der Waals surface area contributed by atoms with Crippen LogP contribution in [0.3, 0.4) is 0 Å². The zero-order valence-electron chi connectivity index (χ0n) is 14.1. The van der Waals surface area contributed by atoms with E-state index >= 15 is 0 Å². The van der Waals surface area contributed by atoms with E-state index in [4.69, 9.17) is 9.84 Å². The Balaban J connectivity index is 0.000000246. The first-order chi connectivity index (χ1) is 12.1. The molecule has 2 aliphatic heterocycles. The van der Waals surface area contributed by atoms with Crippen LogP contribution >= 0.6 is 11.6 Å². The van der Waals surface area contributed by atoms with E-state index < -0.39 is 5.97 Å². The summed E-state index contributed by atoms with van der Waals surface area (Å²) in [7, 11) is 1.67. The van der Waals surface area contributed by atoms with E-state index in [0.717, 1.165) is 22.3 Å². The lowest BCUT2D eigenvalue weighted by Crippen LogP contribution is -1.99. The molecule has 0 aromatic heterocycles.